The molecule has 0 N–H and O–H groups in total. The van der Waals surface area contributed by atoms with Crippen molar-refractivity contribution in [3.8, 4) is 22.8 Å². The van der Waals surface area contributed by atoms with Crippen molar-refractivity contribution in [2.45, 2.75) is 0 Å². The number of hydrogen-bond acceptors (Lipinski definition) is 5. The van der Waals surface area contributed by atoms with Crippen molar-refractivity contribution in [2.24, 2.45) is 0 Å². The summed E-state index contributed by atoms with van der Waals surface area (Å²) in [4.78, 5) is 20.5. The molecule has 0 saturated heterocycles. The van der Waals surface area contributed by atoms with E-state index in [-0.39, 0.29) is 5.69 Å². The van der Waals surface area contributed by atoms with Crippen LogP contribution in [0.3, 0.4) is 0 Å². The molecular formula is C18H13ClN2O3. The van der Waals surface area contributed by atoms with Gasteiger partial charge in [0.05, 0.1) is 12.8 Å². The van der Waals surface area contributed by atoms with Crippen molar-refractivity contribution >= 4 is 17.6 Å². The smallest absolute Gasteiger partial charge is 0.362 e. The summed E-state index contributed by atoms with van der Waals surface area (Å²) in [6.07, 6.45) is 1.31. The summed E-state index contributed by atoms with van der Waals surface area (Å²) in [7, 11) is 1.51. The molecule has 5 nitrogen and oxygen atoms in total. The van der Waals surface area contributed by atoms with Gasteiger partial charge < -0.3 is 9.47 Å². The Kier molecular flexibility index (Phi) is 4.72. The molecule has 1 heterocycles. The molecule has 0 spiro atoms. The zero-order valence-electron chi connectivity index (χ0n) is 12.8. The monoisotopic (exact) mass is 340 g/mol. The second-order valence-corrected chi connectivity index (χ2v) is 5.28. The summed E-state index contributed by atoms with van der Waals surface area (Å²) >= 11 is 5.99. The zero-order valence-corrected chi connectivity index (χ0v) is 13.5. The first-order valence-corrected chi connectivity index (χ1v) is 7.48. The summed E-state index contributed by atoms with van der Waals surface area (Å²) in [5, 5.41) is 0.587. The molecule has 3 rings (SSSR count). The summed E-state index contributed by atoms with van der Waals surface area (Å²) < 4.78 is 10.5. The quantitative estimate of drug-likeness (QED) is 0.530. The number of hydrogen-bond donors (Lipinski definition) is 0. The van der Waals surface area contributed by atoms with Crippen LogP contribution in [0.15, 0.2) is 60.9 Å². The topological polar surface area (TPSA) is 61.3 Å². The van der Waals surface area contributed by atoms with E-state index in [1.807, 2.05) is 12.1 Å². The highest BCUT2D eigenvalue weighted by Crippen LogP contribution is 2.27. The fourth-order valence-electron chi connectivity index (χ4n) is 2.13. The van der Waals surface area contributed by atoms with Crippen LogP contribution in [-0.2, 0) is 0 Å². The number of esters is 1. The predicted octanol–water partition coefficient (Wildman–Crippen LogP) is 4.02. The van der Waals surface area contributed by atoms with Crippen molar-refractivity contribution in [3.05, 3.63) is 71.6 Å². The molecule has 24 heavy (non-hydrogen) atoms. The van der Waals surface area contributed by atoms with Crippen LogP contribution in [0.25, 0.3) is 11.3 Å². The number of carbonyl (C=O) groups excluding carboxylic acids is 1. The first-order valence-electron chi connectivity index (χ1n) is 7.10. The van der Waals surface area contributed by atoms with Gasteiger partial charge in [-0.05, 0) is 30.3 Å². The molecule has 0 atom stereocenters. The van der Waals surface area contributed by atoms with Gasteiger partial charge in [0.1, 0.15) is 6.33 Å². The molecule has 1 aromatic heterocycles. The molecular weight excluding hydrogens is 328 g/mol. The number of methoxy groups -OCH3 is 1. The standard InChI is InChI=1S/C18H13ClN2O3/c1-23-16-7-2-3-8-17(16)24-18(22)15-10-14(20-11-21-15)12-5-4-6-13(19)9-12/h2-11H,1H3. The van der Waals surface area contributed by atoms with Gasteiger partial charge in [0.15, 0.2) is 17.2 Å². The van der Waals surface area contributed by atoms with Crippen LogP contribution in [0.5, 0.6) is 11.5 Å². The Bertz CT molecular complexity index is 883. The Morgan fingerprint density at radius 3 is 2.54 bits per heavy atom. The first kappa shape index (κ1) is 16.0. The van der Waals surface area contributed by atoms with Crippen molar-refractivity contribution in [1.29, 1.82) is 0 Å². The molecule has 0 saturated carbocycles. The van der Waals surface area contributed by atoms with Gasteiger partial charge in [0, 0.05) is 10.6 Å². The first-order chi connectivity index (χ1) is 11.7. The Morgan fingerprint density at radius 2 is 1.79 bits per heavy atom. The van der Waals surface area contributed by atoms with Crippen molar-refractivity contribution in [1.82, 2.24) is 9.97 Å². The molecule has 0 bridgehead atoms. The fraction of sp³-hybridized carbons (Fsp3) is 0.0556. The van der Waals surface area contributed by atoms with Gasteiger partial charge in [-0.1, -0.05) is 35.9 Å². The third-order valence-corrected chi connectivity index (χ3v) is 3.50. The van der Waals surface area contributed by atoms with Crippen LogP contribution in [-0.4, -0.2) is 23.0 Å². The van der Waals surface area contributed by atoms with Gasteiger partial charge >= 0.3 is 5.97 Å². The molecule has 0 unspecified atom stereocenters. The summed E-state index contributed by atoms with van der Waals surface area (Å²) in [5.41, 5.74) is 1.52. The van der Waals surface area contributed by atoms with Crippen LogP contribution in [0.1, 0.15) is 10.5 Å². The van der Waals surface area contributed by atoms with Crippen molar-refractivity contribution in [3.63, 3.8) is 0 Å². The maximum Gasteiger partial charge on any atom is 0.362 e. The molecule has 0 fully saturated rings. The maximum atomic E-state index is 12.3. The summed E-state index contributed by atoms with van der Waals surface area (Å²) in [6.45, 7) is 0. The highest BCUT2D eigenvalue weighted by Gasteiger charge is 2.14. The van der Waals surface area contributed by atoms with Gasteiger partial charge in [-0.3, -0.25) is 0 Å². The normalized spacial score (nSPS) is 10.2. The minimum Gasteiger partial charge on any atom is -0.493 e. The van der Waals surface area contributed by atoms with Crippen molar-refractivity contribution in [2.75, 3.05) is 7.11 Å². The van der Waals surface area contributed by atoms with Gasteiger partial charge in [0.25, 0.3) is 0 Å². The molecule has 3 aromatic rings. The Hall–Kier alpha value is -2.92. The van der Waals surface area contributed by atoms with E-state index in [0.717, 1.165) is 5.56 Å². The van der Waals surface area contributed by atoms with E-state index >= 15 is 0 Å². The third-order valence-electron chi connectivity index (χ3n) is 3.27. The lowest BCUT2D eigenvalue weighted by Crippen LogP contribution is -2.11. The SMILES string of the molecule is COc1ccccc1OC(=O)c1cc(-c2cccc(Cl)c2)ncn1. The number of carbonyl (C=O) groups is 1. The third kappa shape index (κ3) is 3.52. The van der Waals surface area contributed by atoms with E-state index in [0.29, 0.717) is 22.2 Å². The Labute approximate surface area is 143 Å². The van der Waals surface area contributed by atoms with E-state index in [1.54, 1.807) is 42.5 Å². The molecule has 0 aliphatic rings. The van der Waals surface area contributed by atoms with Crippen LogP contribution in [0.4, 0.5) is 0 Å². The highest BCUT2D eigenvalue weighted by molar-refractivity contribution is 6.30. The molecule has 0 amide bonds. The van der Waals surface area contributed by atoms with Crippen LogP contribution < -0.4 is 9.47 Å². The predicted molar refractivity (Wildman–Crippen MR) is 90.4 cm³/mol. The molecule has 0 radical (unpaired) electrons. The lowest BCUT2D eigenvalue weighted by molar-refractivity contribution is 0.0723. The number of rotatable bonds is 4. The van der Waals surface area contributed by atoms with E-state index in [4.69, 9.17) is 21.1 Å². The molecule has 6 heteroatoms. The highest BCUT2D eigenvalue weighted by atomic mass is 35.5. The van der Waals surface area contributed by atoms with Gasteiger partial charge in [-0.25, -0.2) is 14.8 Å². The van der Waals surface area contributed by atoms with Crippen LogP contribution >= 0.6 is 11.6 Å². The van der Waals surface area contributed by atoms with Crippen LogP contribution in [0, 0.1) is 0 Å². The lowest BCUT2D eigenvalue weighted by atomic mass is 10.1. The second-order valence-electron chi connectivity index (χ2n) is 4.84. The average Bonchev–Trinajstić information content (AvgIpc) is 2.62. The molecule has 0 aliphatic carbocycles. The molecule has 0 aliphatic heterocycles. The maximum absolute atomic E-state index is 12.3. The Balaban J connectivity index is 1.87. The van der Waals surface area contributed by atoms with Gasteiger partial charge in [-0.15, -0.1) is 0 Å². The number of halogens is 1. The minimum absolute atomic E-state index is 0.144. The number of benzene rings is 2. The average molecular weight is 341 g/mol. The number of nitrogens with zero attached hydrogens (tertiary/aromatic N) is 2. The second kappa shape index (κ2) is 7.10. The molecule has 2 aromatic carbocycles. The van der Waals surface area contributed by atoms with Gasteiger partial charge in [0.2, 0.25) is 0 Å². The van der Waals surface area contributed by atoms with Crippen molar-refractivity contribution < 1.29 is 14.3 Å². The zero-order chi connectivity index (χ0) is 16.9. The molecule has 120 valence electrons. The van der Waals surface area contributed by atoms with E-state index in [9.17, 15) is 4.79 Å². The minimum atomic E-state index is -0.592. The number of aromatic nitrogens is 2. The number of ether oxygens (including phenoxy) is 2. The number of para-hydroxylation sites is 2. The Morgan fingerprint density at radius 1 is 1.00 bits per heavy atom. The van der Waals surface area contributed by atoms with E-state index in [1.165, 1.54) is 13.4 Å². The largest absolute Gasteiger partial charge is 0.493 e. The summed E-state index contributed by atoms with van der Waals surface area (Å²) in [5.74, 6) is 0.202. The fourth-order valence-corrected chi connectivity index (χ4v) is 2.32. The van der Waals surface area contributed by atoms with Crippen LogP contribution in [0.2, 0.25) is 5.02 Å². The lowest BCUT2D eigenvalue weighted by Gasteiger charge is -2.08. The summed E-state index contributed by atoms with van der Waals surface area (Å²) in [6, 6.07) is 15.7. The van der Waals surface area contributed by atoms with E-state index in [2.05, 4.69) is 9.97 Å². The van der Waals surface area contributed by atoms with Gasteiger partial charge in [-0.2, -0.15) is 0 Å². The van der Waals surface area contributed by atoms with E-state index < -0.39 is 5.97 Å².